The quantitative estimate of drug-likeness (QED) is 0.694. The molecule has 0 amide bonds. The zero-order chi connectivity index (χ0) is 14.2. The Morgan fingerprint density at radius 3 is 2.86 bits per heavy atom. The fraction of sp³-hybridized carbons (Fsp3) is 0.222. The Kier molecular flexibility index (Phi) is 3.00. The lowest BCUT2D eigenvalue weighted by atomic mass is 9.99. The highest BCUT2D eigenvalue weighted by Gasteiger charge is 2.23. The van der Waals surface area contributed by atoms with Gasteiger partial charge >= 0.3 is 0 Å². The number of nitrogens with one attached hydrogen (secondary N) is 2. The number of hydrogen-bond donors (Lipinski definition) is 2. The fourth-order valence-corrected chi connectivity index (χ4v) is 3.32. The van der Waals surface area contributed by atoms with Crippen molar-refractivity contribution in [2.45, 2.75) is 18.9 Å². The van der Waals surface area contributed by atoms with Crippen molar-refractivity contribution in [3.8, 4) is 0 Å². The third-order valence-electron chi connectivity index (χ3n) is 4.27. The van der Waals surface area contributed by atoms with E-state index in [-0.39, 0.29) is 11.9 Å². The average molecular weight is 280 g/mol. The number of H-pyrrole nitrogens is 1. The minimum absolute atomic E-state index is 0.0330. The van der Waals surface area contributed by atoms with Gasteiger partial charge in [0, 0.05) is 16.6 Å². The molecule has 0 saturated carbocycles. The van der Waals surface area contributed by atoms with Gasteiger partial charge in [-0.2, -0.15) is 0 Å². The number of aromatic amines is 1. The van der Waals surface area contributed by atoms with Gasteiger partial charge in [-0.15, -0.1) is 0 Å². The van der Waals surface area contributed by atoms with Crippen LogP contribution >= 0.6 is 0 Å². The molecule has 2 nitrogen and oxygen atoms in total. The molecule has 3 heteroatoms. The second-order valence-electron chi connectivity index (χ2n) is 5.61. The molecular weight excluding hydrogens is 263 g/mol. The van der Waals surface area contributed by atoms with Crippen LogP contribution in [0.1, 0.15) is 29.3 Å². The van der Waals surface area contributed by atoms with E-state index in [4.69, 9.17) is 0 Å². The first kappa shape index (κ1) is 12.6. The first-order chi connectivity index (χ1) is 10.3. The number of rotatable bonds is 1. The highest BCUT2D eigenvalue weighted by molar-refractivity contribution is 5.85. The fourth-order valence-electron chi connectivity index (χ4n) is 3.32. The summed E-state index contributed by atoms with van der Waals surface area (Å²) in [4.78, 5) is 3.54. The summed E-state index contributed by atoms with van der Waals surface area (Å²) < 4.78 is 13.6. The highest BCUT2D eigenvalue weighted by Crippen LogP contribution is 2.33. The summed E-state index contributed by atoms with van der Waals surface area (Å²) in [5.74, 6) is -0.184. The van der Waals surface area contributed by atoms with Gasteiger partial charge in [-0.1, -0.05) is 30.3 Å². The van der Waals surface area contributed by atoms with Crippen LogP contribution in [-0.2, 0) is 6.42 Å². The Hall–Kier alpha value is -2.13. The van der Waals surface area contributed by atoms with Crippen LogP contribution in [0.3, 0.4) is 0 Å². The largest absolute Gasteiger partial charge is 0.357 e. The zero-order valence-electron chi connectivity index (χ0n) is 11.7. The van der Waals surface area contributed by atoms with Crippen molar-refractivity contribution in [1.82, 2.24) is 10.3 Å². The smallest absolute Gasteiger partial charge is 0.123 e. The molecule has 0 spiro atoms. The molecule has 3 aromatic rings. The van der Waals surface area contributed by atoms with E-state index in [1.165, 1.54) is 22.7 Å². The zero-order valence-corrected chi connectivity index (χ0v) is 11.7. The van der Waals surface area contributed by atoms with Gasteiger partial charge < -0.3 is 10.3 Å². The topological polar surface area (TPSA) is 27.8 Å². The Bertz CT molecular complexity index is 791. The van der Waals surface area contributed by atoms with Gasteiger partial charge in [-0.3, -0.25) is 0 Å². The summed E-state index contributed by atoms with van der Waals surface area (Å²) in [7, 11) is 0. The van der Waals surface area contributed by atoms with Crippen molar-refractivity contribution in [3.05, 3.63) is 71.2 Å². The van der Waals surface area contributed by atoms with Crippen LogP contribution in [0.2, 0.25) is 0 Å². The number of hydrogen-bond acceptors (Lipinski definition) is 1. The Morgan fingerprint density at radius 1 is 1.05 bits per heavy atom. The summed E-state index contributed by atoms with van der Waals surface area (Å²) in [6.45, 7) is 0.942. The van der Waals surface area contributed by atoms with Crippen LogP contribution in [0.4, 0.5) is 4.39 Å². The van der Waals surface area contributed by atoms with Gasteiger partial charge in [-0.25, -0.2) is 4.39 Å². The summed E-state index contributed by atoms with van der Waals surface area (Å²) in [6, 6.07) is 15.3. The van der Waals surface area contributed by atoms with Gasteiger partial charge in [0.15, 0.2) is 0 Å². The van der Waals surface area contributed by atoms with Crippen molar-refractivity contribution in [2.24, 2.45) is 0 Å². The van der Waals surface area contributed by atoms with Crippen molar-refractivity contribution >= 4 is 10.9 Å². The summed E-state index contributed by atoms with van der Waals surface area (Å²) in [5, 5.41) is 4.83. The molecule has 106 valence electrons. The third kappa shape index (κ3) is 2.14. The molecule has 4 rings (SSSR count). The van der Waals surface area contributed by atoms with Gasteiger partial charge in [0.05, 0.1) is 6.04 Å². The molecule has 0 saturated heterocycles. The maximum Gasteiger partial charge on any atom is 0.123 e. The van der Waals surface area contributed by atoms with E-state index in [0.717, 1.165) is 30.5 Å². The highest BCUT2D eigenvalue weighted by atomic mass is 19.1. The predicted octanol–water partition coefficient (Wildman–Crippen LogP) is 3.93. The lowest BCUT2D eigenvalue weighted by Crippen LogP contribution is -2.22. The Balaban J connectivity index is 1.90. The van der Waals surface area contributed by atoms with Crippen molar-refractivity contribution in [2.75, 3.05) is 6.54 Å². The van der Waals surface area contributed by atoms with E-state index in [1.54, 1.807) is 12.1 Å². The van der Waals surface area contributed by atoms with Crippen LogP contribution in [0.25, 0.3) is 10.9 Å². The Labute approximate surface area is 123 Å². The molecule has 1 aliphatic rings. The molecule has 1 aliphatic heterocycles. The molecule has 1 atom stereocenters. The molecule has 0 fully saturated rings. The number of aromatic nitrogens is 1. The minimum Gasteiger partial charge on any atom is -0.357 e. The van der Waals surface area contributed by atoms with E-state index in [0.29, 0.717) is 0 Å². The van der Waals surface area contributed by atoms with Crippen molar-refractivity contribution in [3.63, 3.8) is 0 Å². The standard InChI is InChI=1S/C18H17FN2/c19-13-6-3-5-12(11-13)17-18-15(8-4-10-20-17)14-7-1-2-9-16(14)21-18/h1-3,5-7,9,11,17,20-21H,4,8,10H2. The number of para-hydroxylation sites is 1. The minimum atomic E-state index is -0.184. The van der Waals surface area contributed by atoms with E-state index in [1.807, 2.05) is 12.1 Å². The lowest BCUT2D eigenvalue weighted by Gasteiger charge is -2.17. The molecule has 0 aliphatic carbocycles. The van der Waals surface area contributed by atoms with E-state index >= 15 is 0 Å². The molecule has 21 heavy (non-hydrogen) atoms. The van der Waals surface area contributed by atoms with Crippen LogP contribution in [0.5, 0.6) is 0 Å². The van der Waals surface area contributed by atoms with Gasteiger partial charge in [0.2, 0.25) is 0 Å². The monoisotopic (exact) mass is 280 g/mol. The summed E-state index contributed by atoms with van der Waals surface area (Å²) in [5.41, 5.74) is 4.68. The van der Waals surface area contributed by atoms with E-state index < -0.39 is 0 Å². The summed E-state index contributed by atoms with van der Waals surface area (Å²) >= 11 is 0. The predicted molar refractivity (Wildman–Crippen MR) is 82.9 cm³/mol. The maximum absolute atomic E-state index is 13.6. The van der Waals surface area contributed by atoms with E-state index in [2.05, 4.69) is 28.5 Å². The van der Waals surface area contributed by atoms with Crippen molar-refractivity contribution in [1.29, 1.82) is 0 Å². The van der Waals surface area contributed by atoms with Crippen LogP contribution in [0.15, 0.2) is 48.5 Å². The summed E-state index contributed by atoms with van der Waals surface area (Å²) in [6.07, 6.45) is 2.15. The normalized spacial score (nSPS) is 18.4. The number of halogens is 1. The molecular formula is C18H17FN2. The molecule has 2 aromatic carbocycles. The van der Waals surface area contributed by atoms with Gasteiger partial charge in [-0.05, 0) is 48.7 Å². The second kappa shape index (κ2) is 5.01. The number of aryl methyl sites for hydroxylation is 1. The Morgan fingerprint density at radius 2 is 1.95 bits per heavy atom. The first-order valence-electron chi connectivity index (χ1n) is 7.41. The maximum atomic E-state index is 13.6. The van der Waals surface area contributed by atoms with Crippen molar-refractivity contribution < 1.29 is 4.39 Å². The molecule has 1 unspecified atom stereocenters. The number of fused-ring (bicyclic) bond motifs is 3. The molecule has 1 aromatic heterocycles. The molecule has 2 N–H and O–H groups in total. The van der Waals surface area contributed by atoms with Gasteiger partial charge in [0.1, 0.15) is 5.82 Å². The average Bonchev–Trinajstić information content (AvgIpc) is 2.73. The molecule has 2 heterocycles. The van der Waals surface area contributed by atoms with Crippen LogP contribution < -0.4 is 5.32 Å². The second-order valence-corrected chi connectivity index (χ2v) is 5.61. The lowest BCUT2D eigenvalue weighted by molar-refractivity contribution is 0.587. The number of benzene rings is 2. The molecule has 0 bridgehead atoms. The molecule has 0 radical (unpaired) electrons. The third-order valence-corrected chi connectivity index (χ3v) is 4.27. The van der Waals surface area contributed by atoms with Crippen LogP contribution in [-0.4, -0.2) is 11.5 Å². The van der Waals surface area contributed by atoms with Gasteiger partial charge in [0.25, 0.3) is 0 Å². The first-order valence-corrected chi connectivity index (χ1v) is 7.41. The SMILES string of the molecule is Fc1cccc(C2NCCCc3c2[nH]c2ccccc32)c1. The van der Waals surface area contributed by atoms with E-state index in [9.17, 15) is 4.39 Å². The van der Waals surface area contributed by atoms with Crippen LogP contribution in [0, 0.1) is 5.82 Å².